The maximum absolute atomic E-state index is 6.71. The second-order valence-electron chi connectivity index (χ2n) is 7.05. The molecule has 110 valence electrons. The van der Waals surface area contributed by atoms with Crippen molar-refractivity contribution in [3.63, 3.8) is 0 Å². The molecule has 0 aliphatic heterocycles. The highest BCUT2D eigenvalue weighted by Crippen LogP contribution is 2.46. The maximum Gasteiger partial charge on any atom is 0.0101 e. The highest BCUT2D eigenvalue weighted by Gasteiger charge is 2.39. The molecule has 1 saturated carbocycles. The predicted molar refractivity (Wildman–Crippen MR) is 85.9 cm³/mol. The maximum atomic E-state index is 6.71. The summed E-state index contributed by atoms with van der Waals surface area (Å²) in [4.78, 5) is 0. The Morgan fingerprint density at radius 3 is 2.70 bits per heavy atom. The van der Waals surface area contributed by atoms with E-state index < -0.39 is 0 Å². The standard InChI is InChI=1S/C19H29N/c1-2-19(12-5-6-13-19)18(20)14-16-10-7-9-15-8-3-4-11-17(15)16/h3-4,8,11,16,18H,2,5-7,9-10,12-14,20H2,1H3. The van der Waals surface area contributed by atoms with E-state index in [2.05, 4.69) is 31.2 Å². The van der Waals surface area contributed by atoms with Crippen LogP contribution in [0.4, 0.5) is 0 Å². The second kappa shape index (κ2) is 5.89. The molecule has 20 heavy (non-hydrogen) atoms. The number of fused-ring (bicyclic) bond motifs is 1. The molecule has 3 rings (SSSR count). The summed E-state index contributed by atoms with van der Waals surface area (Å²) in [6, 6.07) is 9.45. The van der Waals surface area contributed by atoms with Crippen LogP contribution in [0, 0.1) is 5.41 Å². The van der Waals surface area contributed by atoms with Crippen molar-refractivity contribution < 1.29 is 0 Å². The molecule has 1 heteroatoms. The van der Waals surface area contributed by atoms with Crippen molar-refractivity contribution >= 4 is 0 Å². The summed E-state index contributed by atoms with van der Waals surface area (Å²) >= 11 is 0. The summed E-state index contributed by atoms with van der Waals surface area (Å²) in [6.07, 6.45) is 11.9. The number of hydrogen-bond acceptors (Lipinski definition) is 1. The van der Waals surface area contributed by atoms with Crippen molar-refractivity contribution in [2.75, 3.05) is 0 Å². The molecule has 0 radical (unpaired) electrons. The van der Waals surface area contributed by atoms with E-state index in [-0.39, 0.29) is 0 Å². The van der Waals surface area contributed by atoms with Gasteiger partial charge in [-0.15, -0.1) is 0 Å². The summed E-state index contributed by atoms with van der Waals surface area (Å²) in [7, 11) is 0. The fraction of sp³-hybridized carbons (Fsp3) is 0.684. The summed E-state index contributed by atoms with van der Waals surface area (Å²) < 4.78 is 0. The summed E-state index contributed by atoms with van der Waals surface area (Å²) in [5, 5.41) is 0. The van der Waals surface area contributed by atoms with Crippen LogP contribution in [0.15, 0.2) is 24.3 Å². The van der Waals surface area contributed by atoms with Gasteiger partial charge < -0.3 is 5.73 Å². The van der Waals surface area contributed by atoms with Gasteiger partial charge in [-0.25, -0.2) is 0 Å². The first-order valence-corrected chi connectivity index (χ1v) is 8.58. The molecule has 0 spiro atoms. The Morgan fingerprint density at radius 2 is 1.95 bits per heavy atom. The first-order valence-electron chi connectivity index (χ1n) is 8.58. The van der Waals surface area contributed by atoms with Crippen LogP contribution in [-0.4, -0.2) is 6.04 Å². The number of rotatable bonds is 4. The summed E-state index contributed by atoms with van der Waals surface area (Å²) in [5.41, 5.74) is 10.3. The molecule has 1 fully saturated rings. The first-order chi connectivity index (χ1) is 9.75. The number of hydrogen-bond donors (Lipinski definition) is 1. The summed E-state index contributed by atoms with van der Waals surface area (Å²) in [5.74, 6) is 0.707. The van der Waals surface area contributed by atoms with E-state index in [1.807, 2.05) is 0 Å². The Balaban J connectivity index is 1.75. The van der Waals surface area contributed by atoms with Crippen molar-refractivity contribution in [1.29, 1.82) is 0 Å². The van der Waals surface area contributed by atoms with Gasteiger partial charge in [0, 0.05) is 6.04 Å². The normalized spacial score (nSPS) is 26.2. The zero-order chi connectivity index (χ0) is 14.0. The van der Waals surface area contributed by atoms with Crippen LogP contribution in [0.25, 0.3) is 0 Å². The zero-order valence-corrected chi connectivity index (χ0v) is 12.9. The first kappa shape index (κ1) is 14.1. The molecular formula is C19H29N. The van der Waals surface area contributed by atoms with Gasteiger partial charge in [-0.1, -0.05) is 44.0 Å². The molecule has 2 aliphatic carbocycles. The zero-order valence-electron chi connectivity index (χ0n) is 12.9. The van der Waals surface area contributed by atoms with Gasteiger partial charge >= 0.3 is 0 Å². The van der Waals surface area contributed by atoms with E-state index in [4.69, 9.17) is 5.73 Å². The van der Waals surface area contributed by atoms with Crippen LogP contribution < -0.4 is 5.73 Å². The van der Waals surface area contributed by atoms with Gasteiger partial charge in [0.1, 0.15) is 0 Å². The topological polar surface area (TPSA) is 26.0 Å². The molecule has 0 saturated heterocycles. The minimum absolute atomic E-state index is 0.395. The van der Waals surface area contributed by atoms with Crippen LogP contribution in [0.5, 0.6) is 0 Å². The Hall–Kier alpha value is -0.820. The molecule has 1 aromatic carbocycles. The third kappa shape index (κ3) is 2.53. The lowest BCUT2D eigenvalue weighted by molar-refractivity contribution is 0.199. The van der Waals surface area contributed by atoms with Gasteiger partial charge in [0.15, 0.2) is 0 Å². The molecule has 0 bridgehead atoms. The van der Waals surface area contributed by atoms with E-state index in [0.29, 0.717) is 17.4 Å². The highest BCUT2D eigenvalue weighted by molar-refractivity contribution is 5.32. The Kier molecular flexibility index (Phi) is 4.16. The molecule has 0 amide bonds. The highest BCUT2D eigenvalue weighted by atomic mass is 14.7. The molecule has 2 unspecified atom stereocenters. The fourth-order valence-corrected chi connectivity index (χ4v) is 4.72. The Morgan fingerprint density at radius 1 is 1.20 bits per heavy atom. The quantitative estimate of drug-likeness (QED) is 0.836. The molecule has 2 aliphatic rings. The average molecular weight is 271 g/mol. The van der Waals surface area contributed by atoms with Gasteiger partial charge in [-0.2, -0.15) is 0 Å². The molecule has 1 nitrogen and oxygen atoms in total. The number of aryl methyl sites for hydroxylation is 1. The van der Waals surface area contributed by atoms with Crippen molar-refractivity contribution in [2.24, 2.45) is 11.1 Å². The molecule has 2 atom stereocenters. The van der Waals surface area contributed by atoms with Crippen LogP contribution >= 0.6 is 0 Å². The number of nitrogens with two attached hydrogens (primary N) is 1. The van der Waals surface area contributed by atoms with Gasteiger partial charge in [0.05, 0.1) is 0 Å². The third-order valence-electron chi connectivity index (χ3n) is 6.12. The van der Waals surface area contributed by atoms with Crippen LogP contribution in [0.1, 0.15) is 75.3 Å². The van der Waals surface area contributed by atoms with E-state index >= 15 is 0 Å². The fourth-order valence-electron chi connectivity index (χ4n) is 4.72. The Bertz CT molecular complexity index is 445. The number of benzene rings is 1. The van der Waals surface area contributed by atoms with Crippen LogP contribution in [-0.2, 0) is 6.42 Å². The smallest absolute Gasteiger partial charge is 0.0101 e. The van der Waals surface area contributed by atoms with Crippen LogP contribution in [0.3, 0.4) is 0 Å². The minimum atomic E-state index is 0.395. The molecular weight excluding hydrogens is 242 g/mol. The van der Waals surface area contributed by atoms with E-state index in [1.165, 1.54) is 57.8 Å². The molecule has 2 N–H and O–H groups in total. The van der Waals surface area contributed by atoms with Crippen molar-refractivity contribution in [3.05, 3.63) is 35.4 Å². The minimum Gasteiger partial charge on any atom is -0.327 e. The summed E-state index contributed by atoms with van der Waals surface area (Å²) in [6.45, 7) is 2.35. The lowest BCUT2D eigenvalue weighted by Crippen LogP contribution is -2.40. The van der Waals surface area contributed by atoms with E-state index in [9.17, 15) is 0 Å². The van der Waals surface area contributed by atoms with E-state index in [1.54, 1.807) is 11.1 Å². The molecule has 0 heterocycles. The van der Waals surface area contributed by atoms with Crippen molar-refractivity contribution in [3.8, 4) is 0 Å². The monoisotopic (exact) mass is 271 g/mol. The molecule has 0 aromatic heterocycles. The third-order valence-corrected chi connectivity index (χ3v) is 6.12. The van der Waals surface area contributed by atoms with Gasteiger partial charge in [-0.3, -0.25) is 0 Å². The van der Waals surface area contributed by atoms with Gasteiger partial charge in [0.25, 0.3) is 0 Å². The lowest BCUT2D eigenvalue weighted by Gasteiger charge is -2.38. The second-order valence-corrected chi connectivity index (χ2v) is 7.05. The predicted octanol–water partition coefficient (Wildman–Crippen LogP) is 4.79. The van der Waals surface area contributed by atoms with Gasteiger partial charge in [-0.05, 0) is 67.4 Å². The van der Waals surface area contributed by atoms with Gasteiger partial charge in [0.2, 0.25) is 0 Å². The molecule has 1 aromatic rings. The van der Waals surface area contributed by atoms with Crippen molar-refractivity contribution in [1.82, 2.24) is 0 Å². The Labute approximate surface area is 124 Å². The SMILES string of the molecule is CCC1(C(N)CC2CCCc3ccccc32)CCCC1. The lowest BCUT2D eigenvalue weighted by atomic mass is 9.70. The average Bonchev–Trinajstić information content (AvgIpc) is 2.98. The van der Waals surface area contributed by atoms with Crippen molar-refractivity contribution in [2.45, 2.75) is 76.7 Å². The van der Waals surface area contributed by atoms with E-state index in [0.717, 1.165) is 0 Å². The largest absolute Gasteiger partial charge is 0.327 e. The van der Waals surface area contributed by atoms with Crippen LogP contribution in [0.2, 0.25) is 0 Å².